The average Bonchev–Trinajstić information content (AvgIpc) is 2.46. The van der Waals surface area contributed by atoms with Crippen molar-refractivity contribution in [2.45, 2.75) is 20.5 Å². The maximum absolute atomic E-state index is 5.24. The molecule has 0 amide bonds. The maximum atomic E-state index is 5.24. The van der Waals surface area contributed by atoms with E-state index in [4.69, 9.17) is 4.74 Å². The first-order valence-electron chi connectivity index (χ1n) is 6.62. The summed E-state index contributed by atoms with van der Waals surface area (Å²) in [4.78, 5) is 9.28. The Morgan fingerprint density at radius 2 is 2.10 bits per heavy atom. The molecule has 0 unspecified atom stereocenters. The van der Waals surface area contributed by atoms with E-state index in [0.717, 1.165) is 31.7 Å². The van der Waals surface area contributed by atoms with Crippen molar-refractivity contribution in [2.24, 2.45) is 0 Å². The van der Waals surface area contributed by atoms with Gasteiger partial charge in [0.15, 0.2) is 5.82 Å². The highest BCUT2D eigenvalue weighted by Gasteiger charge is 2.13. The lowest BCUT2D eigenvalue weighted by Gasteiger charge is -2.12. The van der Waals surface area contributed by atoms with Crippen molar-refractivity contribution in [3.8, 4) is 11.4 Å². The number of hydrogen-bond donors (Lipinski definition) is 1. The third-order valence-electron chi connectivity index (χ3n) is 2.98. The van der Waals surface area contributed by atoms with E-state index in [2.05, 4.69) is 73.7 Å². The number of nitrogens with zero attached hydrogens (tertiary/aromatic N) is 2. The molecule has 0 fully saturated rings. The van der Waals surface area contributed by atoms with Crippen LogP contribution in [-0.4, -0.2) is 23.6 Å². The van der Waals surface area contributed by atoms with Gasteiger partial charge in [0.1, 0.15) is 5.82 Å². The second-order valence-corrected chi connectivity index (χ2v) is 6.52. The van der Waals surface area contributed by atoms with E-state index in [-0.39, 0.29) is 0 Å². The minimum atomic E-state index is 0.471. The molecular formula is C15H17BrIN3O. The molecule has 0 aliphatic rings. The average molecular weight is 462 g/mol. The minimum absolute atomic E-state index is 0.471. The van der Waals surface area contributed by atoms with E-state index in [9.17, 15) is 0 Å². The topological polar surface area (TPSA) is 47.0 Å². The second-order valence-electron chi connectivity index (χ2n) is 4.58. The van der Waals surface area contributed by atoms with Crippen LogP contribution in [0.25, 0.3) is 11.4 Å². The molecule has 0 radical (unpaired) electrons. The third-order valence-corrected chi connectivity index (χ3v) is 4.96. The molecule has 0 spiro atoms. The van der Waals surface area contributed by atoms with E-state index in [1.54, 1.807) is 7.11 Å². The number of rotatable bonds is 5. The molecule has 6 heteroatoms. The largest absolute Gasteiger partial charge is 0.378 e. The summed E-state index contributed by atoms with van der Waals surface area (Å²) in [5.74, 6) is 1.56. The summed E-state index contributed by atoms with van der Waals surface area (Å²) < 4.78 is 7.31. The van der Waals surface area contributed by atoms with Gasteiger partial charge in [-0.25, -0.2) is 9.97 Å². The van der Waals surface area contributed by atoms with Crippen LogP contribution in [0.15, 0.2) is 22.7 Å². The fourth-order valence-corrected chi connectivity index (χ4v) is 2.84. The van der Waals surface area contributed by atoms with Gasteiger partial charge in [0.25, 0.3) is 0 Å². The van der Waals surface area contributed by atoms with Crippen LogP contribution in [0.4, 0.5) is 5.82 Å². The Morgan fingerprint density at radius 3 is 2.71 bits per heavy atom. The normalized spacial score (nSPS) is 10.7. The highest BCUT2D eigenvalue weighted by molar-refractivity contribution is 14.1. The van der Waals surface area contributed by atoms with Crippen molar-refractivity contribution in [2.75, 3.05) is 19.0 Å². The summed E-state index contributed by atoms with van der Waals surface area (Å²) in [5.41, 5.74) is 3.07. The predicted molar refractivity (Wildman–Crippen MR) is 97.5 cm³/mol. The monoisotopic (exact) mass is 461 g/mol. The van der Waals surface area contributed by atoms with Gasteiger partial charge in [0, 0.05) is 23.7 Å². The van der Waals surface area contributed by atoms with E-state index >= 15 is 0 Å². The number of aryl methyl sites for hydroxylation is 1. The molecule has 2 rings (SSSR count). The number of hydrogen-bond acceptors (Lipinski definition) is 4. The van der Waals surface area contributed by atoms with Crippen LogP contribution in [0.3, 0.4) is 0 Å². The molecule has 1 heterocycles. The zero-order valence-corrected chi connectivity index (χ0v) is 15.9. The van der Waals surface area contributed by atoms with E-state index < -0.39 is 0 Å². The lowest BCUT2D eigenvalue weighted by atomic mass is 10.1. The lowest BCUT2D eigenvalue weighted by Crippen LogP contribution is -2.08. The van der Waals surface area contributed by atoms with Gasteiger partial charge in [-0.1, -0.05) is 28.1 Å². The molecule has 1 aromatic heterocycles. The summed E-state index contributed by atoms with van der Waals surface area (Å²) >= 11 is 5.82. The summed E-state index contributed by atoms with van der Waals surface area (Å²) in [7, 11) is 1.67. The Balaban J connectivity index is 2.53. The Kier molecular flexibility index (Phi) is 5.95. The predicted octanol–water partition coefficient (Wildman–Crippen LogP) is 4.40. The Labute approximate surface area is 147 Å². The van der Waals surface area contributed by atoms with Crippen molar-refractivity contribution in [3.05, 3.63) is 37.5 Å². The van der Waals surface area contributed by atoms with Gasteiger partial charge in [-0.05, 0) is 48.1 Å². The minimum Gasteiger partial charge on any atom is -0.378 e. The van der Waals surface area contributed by atoms with E-state index in [1.165, 1.54) is 5.56 Å². The fraction of sp³-hybridized carbons (Fsp3) is 0.333. The van der Waals surface area contributed by atoms with Gasteiger partial charge in [0.2, 0.25) is 0 Å². The highest BCUT2D eigenvalue weighted by Crippen LogP contribution is 2.27. The van der Waals surface area contributed by atoms with Crippen LogP contribution in [-0.2, 0) is 11.3 Å². The lowest BCUT2D eigenvalue weighted by molar-refractivity contribution is 0.181. The standard InChI is InChI=1S/C15H17BrIN3O/c1-4-18-15-13(17)12(8-21-3)19-14(20-15)10-6-5-9(2)11(16)7-10/h5-7H,4,8H2,1-3H3,(H,18,19,20). The number of ether oxygens (including phenoxy) is 1. The zero-order valence-electron chi connectivity index (χ0n) is 12.2. The Morgan fingerprint density at radius 1 is 1.33 bits per heavy atom. The van der Waals surface area contributed by atoms with Crippen LogP contribution < -0.4 is 5.32 Å². The SMILES string of the molecule is CCNc1nc(-c2ccc(C)c(Br)c2)nc(COC)c1I. The molecule has 0 aliphatic carbocycles. The van der Waals surface area contributed by atoms with Crippen LogP contribution in [0.5, 0.6) is 0 Å². The maximum Gasteiger partial charge on any atom is 0.161 e. The van der Waals surface area contributed by atoms with Crippen LogP contribution in [0.2, 0.25) is 0 Å². The zero-order chi connectivity index (χ0) is 15.4. The number of methoxy groups -OCH3 is 1. The number of nitrogens with one attached hydrogen (secondary N) is 1. The van der Waals surface area contributed by atoms with Gasteiger partial charge in [-0.15, -0.1) is 0 Å². The first kappa shape index (κ1) is 16.6. The first-order valence-corrected chi connectivity index (χ1v) is 8.49. The van der Waals surface area contributed by atoms with Crippen molar-refractivity contribution < 1.29 is 4.74 Å². The highest BCUT2D eigenvalue weighted by atomic mass is 127. The third kappa shape index (κ3) is 3.92. The summed E-state index contributed by atoms with van der Waals surface area (Å²) in [6.07, 6.45) is 0. The van der Waals surface area contributed by atoms with Crippen LogP contribution in [0.1, 0.15) is 18.2 Å². The quantitative estimate of drug-likeness (QED) is 0.670. The molecule has 2 aromatic rings. The Bertz CT molecular complexity index is 622. The molecule has 0 atom stereocenters. The first-order chi connectivity index (χ1) is 10.1. The molecule has 0 bridgehead atoms. The van der Waals surface area contributed by atoms with Gasteiger partial charge in [-0.2, -0.15) is 0 Å². The van der Waals surface area contributed by atoms with Crippen molar-refractivity contribution in [1.82, 2.24) is 9.97 Å². The van der Waals surface area contributed by atoms with Gasteiger partial charge >= 0.3 is 0 Å². The van der Waals surface area contributed by atoms with Crippen molar-refractivity contribution in [3.63, 3.8) is 0 Å². The summed E-state index contributed by atoms with van der Waals surface area (Å²) in [5, 5.41) is 3.28. The molecule has 1 N–H and O–H groups in total. The van der Waals surface area contributed by atoms with Gasteiger partial charge in [0.05, 0.1) is 15.9 Å². The van der Waals surface area contributed by atoms with Crippen LogP contribution in [0, 0.1) is 10.5 Å². The molecule has 21 heavy (non-hydrogen) atoms. The molecule has 4 nitrogen and oxygen atoms in total. The molecule has 0 saturated heterocycles. The summed E-state index contributed by atoms with van der Waals surface area (Å²) in [6, 6.07) is 6.14. The Hall–Kier alpha value is -0.730. The molecular weight excluding hydrogens is 445 g/mol. The number of aromatic nitrogens is 2. The number of anilines is 1. The number of halogens is 2. The van der Waals surface area contributed by atoms with Gasteiger partial charge in [-0.3, -0.25) is 0 Å². The second kappa shape index (κ2) is 7.51. The van der Waals surface area contributed by atoms with E-state index in [1.807, 2.05) is 12.1 Å². The van der Waals surface area contributed by atoms with Crippen molar-refractivity contribution >= 4 is 44.3 Å². The smallest absolute Gasteiger partial charge is 0.161 e. The van der Waals surface area contributed by atoms with Gasteiger partial charge < -0.3 is 10.1 Å². The molecule has 0 saturated carbocycles. The van der Waals surface area contributed by atoms with E-state index in [0.29, 0.717) is 12.4 Å². The number of benzene rings is 1. The van der Waals surface area contributed by atoms with Crippen LogP contribution >= 0.6 is 38.5 Å². The van der Waals surface area contributed by atoms with Crippen molar-refractivity contribution in [1.29, 1.82) is 0 Å². The molecule has 112 valence electrons. The molecule has 0 aliphatic heterocycles. The fourth-order valence-electron chi connectivity index (χ4n) is 1.87. The summed E-state index contributed by atoms with van der Waals surface area (Å²) in [6.45, 7) is 5.40. The molecule has 1 aromatic carbocycles.